The van der Waals surface area contributed by atoms with Gasteiger partial charge < -0.3 is 9.47 Å². The molecule has 1 aliphatic heterocycles. The Hall–Kier alpha value is -2.73. The van der Waals surface area contributed by atoms with E-state index in [2.05, 4.69) is 0 Å². The highest BCUT2D eigenvalue weighted by Crippen LogP contribution is 2.35. The van der Waals surface area contributed by atoms with Crippen molar-refractivity contribution in [3.63, 3.8) is 0 Å². The van der Waals surface area contributed by atoms with Crippen molar-refractivity contribution in [2.75, 3.05) is 7.11 Å². The highest BCUT2D eigenvalue weighted by atomic mass is 32.2. The average molecular weight is 397 g/mol. The first-order valence-electron chi connectivity index (χ1n) is 9.03. The van der Waals surface area contributed by atoms with Gasteiger partial charge >= 0.3 is 0 Å². The number of aryl methyl sites for hydroxylation is 1. The fraction of sp³-hybridized carbons (Fsp3) is 0.273. The van der Waals surface area contributed by atoms with E-state index in [0.29, 0.717) is 16.4 Å². The molecule has 5 nitrogen and oxygen atoms in total. The summed E-state index contributed by atoms with van der Waals surface area (Å²) in [6.45, 7) is 6.15. The number of rotatable bonds is 6. The minimum absolute atomic E-state index is 0.0259. The number of benzene rings is 2. The van der Waals surface area contributed by atoms with E-state index in [9.17, 15) is 9.59 Å². The summed E-state index contributed by atoms with van der Waals surface area (Å²) in [6.07, 6.45) is 1.74. The first kappa shape index (κ1) is 20.0. The minimum atomic E-state index is -0.281. The number of nitrogens with zero attached hydrogens (tertiary/aromatic N) is 1. The molecule has 0 aliphatic carbocycles. The predicted molar refractivity (Wildman–Crippen MR) is 111 cm³/mol. The molecule has 1 saturated heterocycles. The zero-order valence-electron chi connectivity index (χ0n) is 16.4. The minimum Gasteiger partial charge on any atom is -0.493 e. The van der Waals surface area contributed by atoms with Crippen LogP contribution in [0.5, 0.6) is 11.5 Å². The van der Waals surface area contributed by atoms with Crippen molar-refractivity contribution in [1.29, 1.82) is 0 Å². The summed E-state index contributed by atoms with van der Waals surface area (Å²) in [4.78, 5) is 26.7. The lowest BCUT2D eigenvalue weighted by atomic mass is 10.1. The number of carbonyl (C=O) groups is 2. The van der Waals surface area contributed by atoms with Crippen molar-refractivity contribution < 1.29 is 19.1 Å². The van der Waals surface area contributed by atoms with E-state index >= 15 is 0 Å². The van der Waals surface area contributed by atoms with Crippen LogP contribution in [0.15, 0.2) is 47.4 Å². The molecule has 1 aliphatic rings. The number of amides is 2. The highest BCUT2D eigenvalue weighted by molar-refractivity contribution is 8.18. The summed E-state index contributed by atoms with van der Waals surface area (Å²) in [5, 5.41) is -0.261. The first-order chi connectivity index (χ1) is 13.4. The van der Waals surface area contributed by atoms with E-state index in [1.54, 1.807) is 25.3 Å². The maximum atomic E-state index is 12.7. The van der Waals surface area contributed by atoms with Crippen LogP contribution in [0, 0.1) is 6.92 Å². The number of hydrogen-bond donors (Lipinski definition) is 0. The van der Waals surface area contributed by atoms with E-state index in [1.165, 1.54) is 4.90 Å². The normalized spacial score (nSPS) is 15.6. The van der Waals surface area contributed by atoms with Crippen LogP contribution >= 0.6 is 11.8 Å². The molecular formula is C22H23NO4S. The maximum Gasteiger partial charge on any atom is 0.293 e. The molecule has 2 aromatic rings. The number of imide groups is 1. The Labute approximate surface area is 169 Å². The van der Waals surface area contributed by atoms with E-state index in [-0.39, 0.29) is 23.8 Å². The van der Waals surface area contributed by atoms with Gasteiger partial charge in [-0.05, 0) is 61.9 Å². The molecule has 0 spiro atoms. The van der Waals surface area contributed by atoms with Gasteiger partial charge in [-0.3, -0.25) is 14.5 Å². The Morgan fingerprint density at radius 3 is 2.43 bits per heavy atom. The van der Waals surface area contributed by atoms with Gasteiger partial charge in [0.25, 0.3) is 11.1 Å². The Kier molecular flexibility index (Phi) is 6.09. The predicted octanol–water partition coefficient (Wildman–Crippen LogP) is 5.03. The standard InChI is InChI=1S/C22H23NO4S/c1-14(2)27-18-10-9-17(11-19(18)26-4)12-20-21(24)23(22(25)28-20)13-16-7-5-15(3)6-8-16/h5-12,14H,13H2,1-4H3/b20-12-. The van der Waals surface area contributed by atoms with Crippen molar-refractivity contribution in [3.8, 4) is 11.5 Å². The second-order valence-electron chi connectivity index (χ2n) is 6.83. The van der Waals surface area contributed by atoms with Gasteiger partial charge in [-0.15, -0.1) is 0 Å². The second-order valence-corrected chi connectivity index (χ2v) is 7.82. The van der Waals surface area contributed by atoms with Crippen LogP contribution in [0.2, 0.25) is 0 Å². The molecule has 0 atom stereocenters. The number of ether oxygens (including phenoxy) is 2. The topological polar surface area (TPSA) is 55.8 Å². The lowest BCUT2D eigenvalue weighted by Gasteiger charge is -2.14. The maximum absolute atomic E-state index is 12.7. The molecule has 0 N–H and O–H groups in total. The Morgan fingerprint density at radius 1 is 1.07 bits per heavy atom. The number of hydrogen-bond acceptors (Lipinski definition) is 5. The van der Waals surface area contributed by atoms with Crippen molar-refractivity contribution >= 4 is 29.0 Å². The van der Waals surface area contributed by atoms with E-state index < -0.39 is 0 Å². The Balaban J connectivity index is 1.80. The largest absolute Gasteiger partial charge is 0.493 e. The average Bonchev–Trinajstić information content (AvgIpc) is 2.91. The van der Waals surface area contributed by atoms with Gasteiger partial charge in [-0.25, -0.2) is 0 Å². The molecule has 6 heteroatoms. The van der Waals surface area contributed by atoms with Crippen molar-refractivity contribution in [2.45, 2.75) is 33.4 Å². The van der Waals surface area contributed by atoms with Crippen LogP contribution < -0.4 is 9.47 Å². The van der Waals surface area contributed by atoms with Crippen molar-refractivity contribution in [2.24, 2.45) is 0 Å². The van der Waals surface area contributed by atoms with Crippen molar-refractivity contribution in [3.05, 3.63) is 64.1 Å². The fourth-order valence-electron chi connectivity index (χ4n) is 2.79. The third kappa shape index (κ3) is 4.57. The molecular weight excluding hydrogens is 374 g/mol. The summed E-state index contributed by atoms with van der Waals surface area (Å²) < 4.78 is 11.1. The van der Waals surface area contributed by atoms with Gasteiger partial charge in [0.1, 0.15) is 0 Å². The molecule has 1 fully saturated rings. The van der Waals surface area contributed by atoms with Gasteiger partial charge in [0, 0.05) is 0 Å². The molecule has 0 radical (unpaired) electrons. The molecule has 0 unspecified atom stereocenters. The number of methoxy groups -OCH3 is 1. The van der Waals surface area contributed by atoms with Crippen molar-refractivity contribution in [1.82, 2.24) is 4.90 Å². The number of carbonyl (C=O) groups excluding carboxylic acids is 2. The molecule has 0 saturated carbocycles. The smallest absolute Gasteiger partial charge is 0.293 e. The van der Waals surface area contributed by atoms with Crippen LogP contribution in [-0.2, 0) is 11.3 Å². The third-order valence-electron chi connectivity index (χ3n) is 4.18. The van der Waals surface area contributed by atoms with E-state index in [1.807, 2.05) is 51.1 Å². The first-order valence-corrected chi connectivity index (χ1v) is 9.84. The van der Waals surface area contributed by atoms with Crippen LogP contribution in [0.1, 0.15) is 30.5 Å². The van der Waals surface area contributed by atoms with Gasteiger partial charge in [-0.2, -0.15) is 0 Å². The quantitative estimate of drug-likeness (QED) is 0.640. The second kappa shape index (κ2) is 8.52. The number of thioether (sulfide) groups is 1. The lowest BCUT2D eigenvalue weighted by molar-refractivity contribution is -0.123. The van der Waals surface area contributed by atoms with Crippen LogP contribution in [0.3, 0.4) is 0 Å². The Bertz CT molecular complexity index is 919. The van der Waals surface area contributed by atoms with Gasteiger partial charge in [0.15, 0.2) is 11.5 Å². The SMILES string of the molecule is COc1cc(/C=C2\SC(=O)N(Cc3ccc(C)cc3)C2=O)ccc1OC(C)C. The summed E-state index contributed by atoms with van der Waals surface area (Å²) in [7, 11) is 1.57. The molecule has 2 amide bonds. The monoisotopic (exact) mass is 397 g/mol. The lowest BCUT2D eigenvalue weighted by Crippen LogP contribution is -2.27. The summed E-state index contributed by atoms with van der Waals surface area (Å²) >= 11 is 0.954. The summed E-state index contributed by atoms with van der Waals surface area (Å²) in [6, 6.07) is 13.2. The van der Waals surface area contributed by atoms with Gasteiger partial charge in [0.05, 0.1) is 24.7 Å². The molecule has 28 heavy (non-hydrogen) atoms. The summed E-state index contributed by atoms with van der Waals surface area (Å²) in [5.74, 6) is 0.945. The zero-order valence-corrected chi connectivity index (χ0v) is 17.2. The van der Waals surface area contributed by atoms with Crippen LogP contribution in [0.25, 0.3) is 6.08 Å². The van der Waals surface area contributed by atoms with E-state index in [4.69, 9.17) is 9.47 Å². The van der Waals surface area contributed by atoms with Crippen LogP contribution in [-0.4, -0.2) is 29.3 Å². The van der Waals surface area contributed by atoms with Gasteiger partial charge in [0.2, 0.25) is 0 Å². The fourth-order valence-corrected chi connectivity index (χ4v) is 3.63. The summed E-state index contributed by atoms with van der Waals surface area (Å²) in [5.41, 5.74) is 2.83. The molecule has 0 aromatic heterocycles. The van der Waals surface area contributed by atoms with E-state index in [0.717, 1.165) is 28.5 Å². The Morgan fingerprint density at radius 2 is 1.79 bits per heavy atom. The molecule has 3 rings (SSSR count). The zero-order chi connectivity index (χ0) is 20.3. The van der Waals surface area contributed by atoms with Crippen LogP contribution in [0.4, 0.5) is 4.79 Å². The molecule has 0 bridgehead atoms. The molecule has 146 valence electrons. The third-order valence-corrected chi connectivity index (χ3v) is 5.09. The molecule has 2 aromatic carbocycles. The molecule has 1 heterocycles. The van der Waals surface area contributed by atoms with Gasteiger partial charge in [-0.1, -0.05) is 35.9 Å². The highest BCUT2D eigenvalue weighted by Gasteiger charge is 2.35.